The molecule has 0 fully saturated rings. The van der Waals surface area contributed by atoms with Crippen LogP contribution in [0.2, 0.25) is 0 Å². The van der Waals surface area contributed by atoms with Crippen LogP contribution in [-0.2, 0) is 20.0 Å². The van der Waals surface area contributed by atoms with E-state index in [1.165, 1.54) is 16.0 Å². The number of benzene rings is 1. The zero-order chi connectivity index (χ0) is 14.5. The van der Waals surface area contributed by atoms with Crippen molar-refractivity contribution < 1.29 is 0 Å². The molecule has 0 aliphatic carbocycles. The van der Waals surface area contributed by atoms with Gasteiger partial charge in [0.1, 0.15) is 12.2 Å². The summed E-state index contributed by atoms with van der Waals surface area (Å²) in [4.78, 5) is 1.35. The minimum atomic E-state index is 0.896. The Labute approximate surface area is 128 Å². The average molecular weight is 298 g/mol. The number of hydrogen-bond acceptors (Lipinski definition) is 4. The summed E-state index contributed by atoms with van der Waals surface area (Å²) in [6, 6.07) is 12.7. The summed E-state index contributed by atoms with van der Waals surface area (Å²) in [5.74, 6) is 1.01. The summed E-state index contributed by atoms with van der Waals surface area (Å²) in [6.07, 6.45) is 2.63. The number of nitrogens with zero attached hydrogens (tertiary/aromatic N) is 3. The quantitative estimate of drug-likeness (QED) is 0.712. The first-order valence-electron chi connectivity index (χ1n) is 6.99. The summed E-state index contributed by atoms with van der Waals surface area (Å²) in [6.45, 7) is 1.81. The van der Waals surface area contributed by atoms with Crippen LogP contribution in [0.3, 0.4) is 0 Å². The summed E-state index contributed by atoms with van der Waals surface area (Å²) in [5, 5.41) is 13.6. The second kappa shape index (κ2) is 6.65. The largest absolute Gasteiger partial charge is 0.321 e. The topological polar surface area (TPSA) is 42.7 Å². The number of nitrogens with one attached hydrogen (secondary N) is 1. The number of thiophene rings is 1. The molecule has 108 valence electrons. The Morgan fingerprint density at radius 1 is 1.19 bits per heavy atom. The molecule has 21 heavy (non-hydrogen) atoms. The molecule has 1 aromatic carbocycles. The van der Waals surface area contributed by atoms with E-state index in [4.69, 9.17) is 0 Å². The highest BCUT2D eigenvalue weighted by atomic mass is 32.1. The van der Waals surface area contributed by atoms with Gasteiger partial charge < -0.3 is 9.88 Å². The number of rotatable bonds is 6. The predicted octanol–water partition coefficient (Wildman–Crippen LogP) is 2.88. The van der Waals surface area contributed by atoms with Gasteiger partial charge in [-0.2, -0.15) is 0 Å². The van der Waals surface area contributed by atoms with Crippen molar-refractivity contribution in [2.24, 2.45) is 7.05 Å². The lowest BCUT2D eigenvalue weighted by atomic mass is 10.1. The van der Waals surface area contributed by atoms with Gasteiger partial charge in [-0.3, -0.25) is 0 Å². The fourth-order valence-corrected chi connectivity index (χ4v) is 3.06. The van der Waals surface area contributed by atoms with Gasteiger partial charge in [-0.05, 0) is 22.6 Å². The molecular weight excluding hydrogens is 280 g/mol. The van der Waals surface area contributed by atoms with Gasteiger partial charge in [0.25, 0.3) is 0 Å². The molecular formula is C16H18N4S. The maximum Gasteiger partial charge on any atom is 0.133 e. The zero-order valence-electron chi connectivity index (χ0n) is 12.0. The predicted molar refractivity (Wildman–Crippen MR) is 86.2 cm³/mol. The van der Waals surface area contributed by atoms with E-state index in [1.54, 1.807) is 17.7 Å². The van der Waals surface area contributed by atoms with E-state index in [0.717, 1.165) is 25.3 Å². The van der Waals surface area contributed by atoms with Gasteiger partial charge in [-0.1, -0.05) is 30.3 Å². The van der Waals surface area contributed by atoms with Crippen molar-refractivity contribution in [1.29, 1.82) is 0 Å². The smallest absolute Gasteiger partial charge is 0.133 e. The van der Waals surface area contributed by atoms with Crippen molar-refractivity contribution in [3.05, 3.63) is 58.8 Å². The first kappa shape index (κ1) is 14.0. The summed E-state index contributed by atoms with van der Waals surface area (Å²) in [7, 11) is 1.97. The Hall–Kier alpha value is -1.98. The molecule has 0 aliphatic heterocycles. The normalized spacial score (nSPS) is 10.9. The molecule has 1 N–H and O–H groups in total. The number of aryl methyl sites for hydroxylation is 1. The van der Waals surface area contributed by atoms with Crippen LogP contribution in [0, 0.1) is 0 Å². The van der Waals surface area contributed by atoms with Crippen LogP contribution in [0.25, 0.3) is 11.1 Å². The highest BCUT2D eigenvalue weighted by Crippen LogP contribution is 2.25. The van der Waals surface area contributed by atoms with Crippen molar-refractivity contribution in [2.75, 3.05) is 6.54 Å². The Kier molecular flexibility index (Phi) is 4.43. The van der Waals surface area contributed by atoms with Crippen LogP contribution in [0.15, 0.2) is 48.1 Å². The van der Waals surface area contributed by atoms with Crippen LogP contribution in [0.1, 0.15) is 10.7 Å². The molecule has 3 rings (SSSR count). The van der Waals surface area contributed by atoms with Crippen LogP contribution < -0.4 is 5.32 Å². The SMILES string of the molecule is Cn1cnnc1CCNCc1cc(-c2ccccc2)cs1. The fraction of sp³-hybridized carbons (Fsp3) is 0.250. The minimum absolute atomic E-state index is 0.896. The zero-order valence-corrected chi connectivity index (χ0v) is 12.8. The first-order valence-corrected chi connectivity index (χ1v) is 7.87. The van der Waals surface area contributed by atoms with Gasteiger partial charge in [0.15, 0.2) is 0 Å². The Bertz CT molecular complexity index is 687. The summed E-state index contributed by atoms with van der Waals surface area (Å²) in [5.41, 5.74) is 2.57. The minimum Gasteiger partial charge on any atom is -0.321 e. The van der Waals surface area contributed by atoms with Crippen molar-refractivity contribution >= 4 is 11.3 Å². The first-order chi connectivity index (χ1) is 10.3. The van der Waals surface area contributed by atoms with E-state index >= 15 is 0 Å². The molecule has 0 aliphatic rings. The molecule has 0 saturated heterocycles. The maximum absolute atomic E-state index is 4.08. The van der Waals surface area contributed by atoms with E-state index in [2.05, 4.69) is 51.2 Å². The van der Waals surface area contributed by atoms with E-state index in [9.17, 15) is 0 Å². The molecule has 2 heterocycles. The lowest BCUT2D eigenvalue weighted by Crippen LogP contribution is -2.17. The third-order valence-corrected chi connectivity index (χ3v) is 4.33. The third-order valence-electron chi connectivity index (χ3n) is 3.39. The summed E-state index contributed by atoms with van der Waals surface area (Å²) < 4.78 is 1.96. The second-order valence-corrected chi connectivity index (χ2v) is 5.95. The van der Waals surface area contributed by atoms with Gasteiger partial charge in [0, 0.05) is 31.4 Å². The Balaban J connectivity index is 1.50. The van der Waals surface area contributed by atoms with E-state index in [-0.39, 0.29) is 0 Å². The van der Waals surface area contributed by atoms with Gasteiger partial charge in [-0.25, -0.2) is 0 Å². The standard InChI is InChI=1S/C16H18N4S/c1-20-12-18-19-16(20)7-8-17-10-15-9-14(11-21-15)13-5-3-2-4-6-13/h2-6,9,11-12,17H,7-8,10H2,1H3. The van der Waals surface area contributed by atoms with Gasteiger partial charge in [-0.15, -0.1) is 21.5 Å². The van der Waals surface area contributed by atoms with Crippen LogP contribution in [0.5, 0.6) is 0 Å². The van der Waals surface area contributed by atoms with Crippen molar-refractivity contribution in [2.45, 2.75) is 13.0 Å². The molecule has 0 unspecified atom stereocenters. The Morgan fingerprint density at radius 3 is 2.81 bits per heavy atom. The monoisotopic (exact) mass is 298 g/mol. The van der Waals surface area contributed by atoms with Gasteiger partial charge in [0.05, 0.1) is 0 Å². The van der Waals surface area contributed by atoms with E-state index in [1.807, 2.05) is 17.7 Å². The lowest BCUT2D eigenvalue weighted by molar-refractivity contribution is 0.658. The van der Waals surface area contributed by atoms with Crippen molar-refractivity contribution in [1.82, 2.24) is 20.1 Å². The summed E-state index contributed by atoms with van der Waals surface area (Å²) >= 11 is 1.80. The number of hydrogen-bond donors (Lipinski definition) is 1. The Morgan fingerprint density at radius 2 is 2.05 bits per heavy atom. The molecule has 0 atom stereocenters. The number of aromatic nitrogens is 3. The molecule has 0 amide bonds. The molecule has 0 spiro atoms. The highest BCUT2D eigenvalue weighted by molar-refractivity contribution is 7.10. The van der Waals surface area contributed by atoms with Crippen LogP contribution in [-0.4, -0.2) is 21.3 Å². The van der Waals surface area contributed by atoms with Crippen molar-refractivity contribution in [3.63, 3.8) is 0 Å². The van der Waals surface area contributed by atoms with Crippen LogP contribution >= 0.6 is 11.3 Å². The van der Waals surface area contributed by atoms with E-state index in [0.29, 0.717) is 0 Å². The molecule has 0 bridgehead atoms. The highest BCUT2D eigenvalue weighted by Gasteiger charge is 2.03. The molecule has 0 radical (unpaired) electrons. The van der Waals surface area contributed by atoms with Gasteiger partial charge in [0.2, 0.25) is 0 Å². The molecule has 5 heteroatoms. The maximum atomic E-state index is 4.08. The molecule has 2 aromatic heterocycles. The third kappa shape index (κ3) is 3.56. The molecule has 4 nitrogen and oxygen atoms in total. The fourth-order valence-electron chi connectivity index (χ4n) is 2.20. The van der Waals surface area contributed by atoms with Crippen LogP contribution in [0.4, 0.5) is 0 Å². The lowest BCUT2D eigenvalue weighted by Gasteiger charge is -2.02. The van der Waals surface area contributed by atoms with E-state index < -0.39 is 0 Å². The van der Waals surface area contributed by atoms with Crippen molar-refractivity contribution in [3.8, 4) is 11.1 Å². The molecule has 0 saturated carbocycles. The average Bonchev–Trinajstić information content (AvgIpc) is 3.14. The van der Waals surface area contributed by atoms with Gasteiger partial charge >= 0.3 is 0 Å². The second-order valence-electron chi connectivity index (χ2n) is 4.95. The molecule has 3 aromatic rings.